The van der Waals surface area contributed by atoms with Crippen LogP contribution in [-0.2, 0) is 6.61 Å². The van der Waals surface area contributed by atoms with Crippen LogP contribution in [0.1, 0.15) is 11.1 Å². The molecule has 0 aliphatic carbocycles. The average molecular weight is 296 g/mol. The lowest BCUT2D eigenvalue weighted by Crippen LogP contribution is -1.96. The van der Waals surface area contributed by atoms with Gasteiger partial charge in [0.25, 0.3) is 0 Å². The Bertz CT molecular complexity index is 582. The molecular weight excluding hydrogens is 283 g/mol. The first kappa shape index (κ1) is 14.0. The summed E-state index contributed by atoms with van der Waals surface area (Å²) in [6, 6.07) is 10.9. The molecule has 0 bridgehead atoms. The molecule has 0 aliphatic rings. The molecule has 19 heavy (non-hydrogen) atoms. The molecule has 2 aromatic rings. The van der Waals surface area contributed by atoms with Crippen LogP contribution in [0.25, 0.3) is 0 Å². The summed E-state index contributed by atoms with van der Waals surface area (Å²) in [5, 5.41) is 1.06. The lowest BCUT2D eigenvalue weighted by atomic mass is 10.2. The van der Waals surface area contributed by atoms with Crippen LogP contribution in [0.2, 0.25) is 10.0 Å². The van der Waals surface area contributed by atoms with E-state index in [1.54, 1.807) is 25.3 Å². The maximum atomic E-state index is 5.95. The van der Waals surface area contributed by atoms with Gasteiger partial charge in [-0.25, -0.2) is 0 Å². The lowest BCUT2D eigenvalue weighted by Gasteiger charge is -2.10. The minimum atomic E-state index is 0.413. The summed E-state index contributed by atoms with van der Waals surface area (Å²) in [6.07, 6.45) is 0. The van der Waals surface area contributed by atoms with E-state index in [-0.39, 0.29) is 0 Å². The summed E-state index contributed by atoms with van der Waals surface area (Å²) in [7, 11) is 1.60. The highest BCUT2D eigenvalue weighted by molar-refractivity contribution is 6.42. The summed E-state index contributed by atoms with van der Waals surface area (Å²) < 4.78 is 10.9. The predicted molar refractivity (Wildman–Crippen MR) is 78.2 cm³/mol. The van der Waals surface area contributed by atoms with Gasteiger partial charge in [0.2, 0.25) is 0 Å². The summed E-state index contributed by atoms with van der Waals surface area (Å²) in [5.41, 5.74) is 1.77. The minimum absolute atomic E-state index is 0.413. The van der Waals surface area contributed by atoms with Crippen LogP contribution in [0.15, 0.2) is 36.4 Å². The first-order valence-electron chi connectivity index (χ1n) is 5.67. The zero-order valence-corrected chi connectivity index (χ0v) is 12.0. The van der Waals surface area contributed by atoms with Gasteiger partial charge < -0.3 is 9.47 Å². The van der Waals surface area contributed by atoms with Gasteiger partial charge in [-0.2, -0.15) is 0 Å². The SMILES string of the molecule is [CH2]c1ccc(OCc2ccc(Cl)c(Cl)c2)cc1OC. The van der Waals surface area contributed by atoms with Crippen molar-refractivity contribution in [2.75, 3.05) is 7.11 Å². The molecule has 0 N–H and O–H groups in total. The molecule has 2 nitrogen and oxygen atoms in total. The largest absolute Gasteiger partial charge is 0.496 e. The lowest BCUT2D eigenvalue weighted by molar-refractivity contribution is 0.303. The Morgan fingerprint density at radius 1 is 1.05 bits per heavy atom. The van der Waals surface area contributed by atoms with Gasteiger partial charge in [-0.3, -0.25) is 0 Å². The fourth-order valence-corrected chi connectivity index (χ4v) is 1.93. The van der Waals surface area contributed by atoms with Gasteiger partial charge in [-0.1, -0.05) is 35.3 Å². The van der Waals surface area contributed by atoms with Crippen LogP contribution in [0.4, 0.5) is 0 Å². The number of benzene rings is 2. The second-order valence-electron chi connectivity index (χ2n) is 4.01. The normalized spacial score (nSPS) is 10.3. The van der Waals surface area contributed by atoms with Gasteiger partial charge >= 0.3 is 0 Å². The van der Waals surface area contributed by atoms with Crippen LogP contribution in [0, 0.1) is 6.92 Å². The first-order chi connectivity index (χ1) is 9.10. The van der Waals surface area contributed by atoms with Gasteiger partial charge in [0.15, 0.2) is 0 Å². The van der Waals surface area contributed by atoms with Crippen LogP contribution in [0.5, 0.6) is 11.5 Å². The Kier molecular flexibility index (Phi) is 4.56. The third kappa shape index (κ3) is 3.55. The van der Waals surface area contributed by atoms with Crippen molar-refractivity contribution in [1.82, 2.24) is 0 Å². The topological polar surface area (TPSA) is 18.5 Å². The second-order valence-corrected chi connectivity index (χ2v) is 4.83. The molecule has 2 rings (SSSR count). The van der Waals surface area contributed by atoms with Gasteiger partial charge in [-0.05, 0) is 36.2 Å². The summed E-state index contributed by atoms with van der Waals surface area (Å²) >= 11 is 11.8. The van der Waals surface area contributed by atoms with Crippen molar-refractivity contribution in [3.8, 4) is 11.5 Å². The Morgan fingerprint density at radius 2 is 1.84 bits per heavy atom. The zero-order valence-electron chi connectivity index (χ0n) is 10.5. The van der Waals surface area contributed by atoms with E-state index >= 15 is 0 Å². The molecule has 0 atom stereocenters. The average Bonchev–Trinajstić information content (AvgIpc) is 2.41. The molecule has 0 aliphatic heterocycles. The molecule has 2 aromatic carbocycles. The Hall–Kier alpha value is -1.38. The first-order valence-corrected chi connectivity index (χ1v) is 6.42. The molecule has 0 spiro atoms. The molecule has 0 amide bonds. The zero-order chi connectivity index (χ0) is 13.8. The van der Waals surface area contributed by atoms with Gasteiger partial charge in [0.1, 0.15) is 18.1 Å². The van der Waals surface area contributed by atoms with Crippen molar-refractivity contribution in [2.45, 2.75) is 6.61 Å². The van der Waals surface area contributed by atoms with E-state index in [2.05, 4.69) is 6.92 Å². The number of rotatable bonds is 4. The smallest absolute Gasteiger partial charge is 0.125 e. The number of halogens is 2. The van der Waals surface area contributed by atoms with Crippen LogP contribution in [-0.4, -0.2) is 7.11 Å². The van der Waals surface area contributed by atoms with E-state index < -0.39 is 0 Å². The van der Waals surface area contributed by atoms with E-state index in [4.69, 9.17) is 32.7 Å². The molecule has 1 radical (unpaired) electrons. The van der Waals surface area contributed by atoms with Crippen molar-refractivity contribution >= 4 is 23.2 Å². The quantitative estimate of drug-likeness (QED) is 0.809. The van der Waals surface area contributed by atoms with E-state index in [1.165, 1.54) is 0 Å². The Morgan fingerprint density at radius 3 is 2.53 bits per heavy atom. The second kappa shape index (κ2) is 6.18. The highest BCUT2D eigenvalue weighted by atomic mass is 35.5. The van der Waals surface area contributed by atoms with Crippen LogP contribution >= 0.6 is 23.2 Å². The van der Waals surface area contributed by atoms with Crippen molar-refractivity contribution < 1.29 is 9.47 Å². The third-order valence-electron chi connectivity index (χ3n) is 2.65. The maximum Gasteiger partial charge on any atom is 0.125 e. The van der Waals surface area contributed by atoms with Crippen LogP contribution < -0.4 is 9.47 Å². The minimum Gasteiger partial charge on any atom is -0.496 e. The third-order valence-corrected chi connectivity index (χ3v) is 3.39. The molecule has 0 fully saturated rings. The Labute approximate surface area is 122 Å². The maximum absolute atomic E-state index is 5.95. The highest BCUT2D eigenvalue weighted by Crippen LogP contribution is 2.26. The van der Waals surface area contributed by atoms with Gasteiger partial charge in [0, 0.05) is 6.07 Å². The summed E-state index contributed by atoms with van der Waals surface area (Å²) in [4.78, 5) is 0. The fourth-order valence-electron chi connectivity index (χ4n) is 1.61. The van der Waals surface area contributed by atoms with Crippen molar-refractivity contribution in [3.63, 3.8) is 0 Å². The molecule has 0 heterocycles. The molecule has 0 unspecified atom stereocenters. The fraction of sp³-hybridized carbons (Fsp3) is 0.133. The monoisotopic (exact) mass is 295 g/mol. The van der Waals surface area contributed by atoms with Gasteiger partial charge in [0.05, 0.1) is 17.2 Å². The standard InChI is InChI=1S/C15H13Cl2O2/c1-10-3-5-12(8-15(10)18-2)19-9-11-4-6-13(16)14(17)7-11/h3-8H,1,9H2,2H3. The van der Waals surface area contributed by atoms with E-state index in [0.717, 1.165) is 16.9 Å². The van der Waals surface area contributed by atoms with Crippen molar-refractivity contribution in [2.24, 2.45) is 0 Å². The number of hydrogen-bond acceptors (Lipinski definition) is 2. The van der Waals surface area contributed by atoms with E-state index in [9.17, 15) is 0 Å². The molecule has 4 heteroatoms. The highest BCUT2D eigenvalue weighted by Gasteiger charge is 2.03. The summed E-state index contributed by atoms with van der Waals surface area (Å²) in [6.45, 7) is 4.27. The van der Waals surface area contributed by atoms with E-state index in [1.807, 2.05) is 18.2 Å². The van der Waals surface area contributed by atoms with Crippen LogP contribution in [0.3, 0.4) is 0 Å². The summed E-state index contributed by atoms with van der Waals surface area (Å²) in [5.74, 6) is 1.42. The van der Waals surface area contributed by atoms with E-state index in [0.29, 0.717) is 22.4 Å². The number of hydrogen-bond donors (Lipinski definition) is 0. The number of ether oxygens (including phenoxy) is 2. The van der Waals surface area contributed by atoms with Crippen molar-refractivity contribution in [3.05, 3.63) is 64.5 Å². The molecule has 0 aromatic heterocycles. The predicted octanol–water partition coefficient (Wildman–Crippen LogP) is 4.76. The van der Waals surface area contributed by atoms with Gasteiger partial charge in [-0.15, -0.1) is 0 Å². The Balaban J connectivity index is 2.07. The molecule has 99 valence electrons. The molecular formula is C15H13Cl2O2. The molecule has 0 saturated carbocycles. The molecule has 0 saturated heterocycles. The number of methoxy groups -OCH3 is 1. The van der Waals surface area contributed by atoms with Crippen molar-refractivity contribution in [1.29, 1.82) is 0 Å².